The van der Waals surface area contributed by atoms with Gasteiger partial charge in [0.25, 0.3) is 0 Å². The number of methoxy groups -OCH3 is 2. The van der Waals surface area contributed by atoms with Crippen molar-refractivity contribution in [1.29, 1.82) is 0 Å². The van der Waals surface area contributed by atoms with Crippen LogP contribution in [0.3, 0.4) is 0 Å². The molecule has 0 bridgehead atoms. The first-order valence-corrected chi connectivity index (χ1v) is 10.1. The summed E-state index contributed by atoms with van der Waals surface area (Å²) < 4.78 is 43.5. The first-order chi connectivity index (χ1) is 12.7. The standard InChI is InChI=1S/C20H27NO5S/c1-20(2,3)15-9-11-16(12-10-15)27(22,23)21-13-14-26-18-8-6-7-17(24-4)19(18)25-5/h6-12,21H,13-14H2,1-5H3. The molecule has 0 saturated heterocycles. The molecule has 0 radical (unpaired) electrons. The fourth-order valence-corrected chi connectivity index (χ4v) is 3.54. The molecule has 2 aromatic carbocycles. The minimum atomic E-state index is -3.59. The topological polar surface area (TPSA) is 73.9 Å². The van der Waals surface area contributed by atoms with Crippen molar-refractivity contribution in [3.05, 3.63) is 48.0 Å². The van der Waals surface area contributed by atoms with Crippen LogP contribution in [-0.2, 0) is 15.4 Å². The van der Waals surface area contributed by atoms with E-state index < -0.39 is 10.0 Å². The molecular weight excluding hydrogens is 366 g/mol. The van der Waals surface area contributed by atoms with Crippen LogP contribution in [0.4, 0.5) is 0 Å². The minimum Gasteiger partial charge on any atom is -0.493 e. The fraction of sp³-hybridized carbons (Fsp3) is 0.400. The van der Waals surface area contributed by atoms with Gasteiger partial charge in [0.1, 0.15) is 6.61 Å². The molecule has 2 aromatic rings. The zero-order valence-electron chi connectivity index (χ0n) is 16.4. The van der Waals surface area contributed by atoms with Gasteiger partial charge < -0.3 is 14.2 Å². The van der Waals surface area contributed by atoms with E-state index in [0.29, 0.717) is 17.2 Å². The third-order valence-corrected chi connectivity index (χ3v) is 5.53. The van der Waals surface area contributed by atoms with Gasteiger partial charge in [0.05, 0.1) is 19.1 Å². The van der Waals surface area contributed by atoms with Crippen molar-refractivity contribution in [2.45, 2.75) is 31.1 Å². The smallest absolute Gasteiger partial charge is 0.240 e. The number of rotatable bonds is 8. The van der Waals surface area contributed by atoms with E-state index in [1.54, 1.807) is 37.4 Å². The molecule has 0 aliphatic carbocycles. The Morgan fingerprint density at radius 3 is 2.11 bits per heavy atom. The van der Waals surface area contributed by atoms with E-state index in [2.05, 4.69) is 25.5 Å². The van der Waals surface area contributed by atoms with Gasteiger partial charge in [0, 0.05) is 6.54 Å². The molecule has 6 nitrogen and oxygen atoms in total. The van der Waals surface area contributed by atoms with Crippen LogP contribution in [-0.4, -0.2) is 35.8 Å². The van der Waals surface area contributed by atoms with E-state index in [4.69, 9.17) is 14.2 Å². The van der Waals surface area contributed by atoms with Gasteiger partial charge in [-0.05, 0) is 35.2 Å². The van der Waals surface area contributed by atoms with Crippen LogP contribution in [0.1, 0.15) is 26.3 Å². The first kappa shape index (κ1) is 21.1. The lowest BCUT2D eigenvalue weighted by atomic mass is 9.87. The van der Waals surface area contributed by atoms with Crippen LogP contribution in [0.15, 0.2) is 47.4 Å². The molecule has 0 fully saturated rings. The summed E-state index contributed by atoms with van der Waals surface area (Å²) in [6.45, 7) is 6.53. The maximum atomic E-state index is 12.4. The SMILES string of the molecule is COc1cccc(OCCNS(=O)(=O)c2ccc(C(C)(C)C)cc2)c1OC. The Morgan fingerprint density at radius 1 is 0.926 bits per heavy atom. The van der Waals surface area contributed by atoms with E-state index in [-0.39, 0.29) is 23.5 Å². The third kappa shape index (κ3) is 5.37. The number of hydrogen-bond acceptors (Lipinski definition) is 5. The van der Waals surface area contributed by atoms with Crippen molar-refractivity contribution >= 4 is 10.0 Å². The second-order valence-corrected chi connectivity index (χ2v) is 8.78. The molecule has 7 heteroatoms. The lowest BCUT2D eigenvalue weighted by Crippen LogP contribution is -2.28. The summed E-state index contributed by atoms with van der Waals surface area (Å²) in [6.07, 6.45) is 0. The van der Waals surface area contributed by atoms with Gasteiger partial charge in [-0.3, -0.25) is 0 Å². The summed E-state index contributed by atoms with van der Waals surface area (Å²) in [5, 5.41) is 0. The van der Waals surface area contributed by atoms with Crippen molar-refractivity contribution in [2.75, 3.05) is 27.4 Å². The van der Waals surface area contributed by atoms with Crippen LogP contribution in [0.25, 0.3) is 0 Å². The summed E-state index contributed by atoms with van der Waals surface area (Å²) >= 11 is 0. The monoisotopic (exact) mass is 393 g/mol. The maximum Gasteiger partial charge on any atom is 0.240 e. The van der Waals surface area contributed by atoms with Crippen LogP contribution in [0.5, 0.6) is 17.2 Å². The highest BCUT2D eigenvalue weighted by Gasteiger charge is 2.17. The van der Waals surface area contributed by atoms with Crippen LogP contribution in [0.2, 0.25) is 0 Å². The Labute approximate surface area is 161 Å². The predicted octanol–water partition coefficient (Wildman–Crippen LogP) is 3.36. The quantitative estimate of drug-likeness (QED) is 0.696. The van der Waals surface area contributed by atoms with E-state index in [9.17, 15) is 8.42 Å². The second-order valence-electron chi connectivity index (χ2n) is 7.01. The molecule has 0 atom stereocenters. The molecule has 27 heavy (non-hydrogen) atoms. The molecular formula is C20H27NO5S. The highest BCUT2D eigenvalue weighted by atomic mass is 32.2. The summed E-state index contributed by atoms with van der Waals surface area (Å²) in [5.74, 6) is 1.51. The Kier molecular flexibility index (Phi) is 6.73. The minimum absolute atomic E-state index is 0.0284. The summed E-state index contributed by atoms with van der Waals surface area (Å²) in [5.41, 5.74) is 1.05. The van der Waals surface area contributed by atoms with Crippen molar-refractivity contribution in [1.82, 2.24) is 4.72 Å². The largest absolute Gasteiger partial charge is 0.493 e. The van der Waals surface area contributed by atoms with Gasteiger partial charge in [0.2, 0.25) is 15.8 Å². The van der Waals surface area contributed by atoms with Crippen molar-refractivity contribution in [3.8, 4) is 17.2 Å². The average molecular weight is 394 g/mol. The average Bonchev–Trinajstić information content (AvgIpc) is 2.64. The van der Waals surface area contributed by atoms with E-state index in [1.165, 1.54) is 7.11 Å². The number of sulfonamides is 1. The van der Waals surface area contributed by atoms with Gasteiger partial charge in [-0.25, -0.2) is 13.1 Å². The Balaban J connectivity index is 1.97. The van der Waals surface area contributed by atoms with Crippen molar-refractivity contribution in [2.24, 2.45) is 0 Å². The van der Waals surface area contributed by atoms with Crippen LogP contribution >= 0.6 is 0 Å². The van der Waals surface area contributed by atoms with Crippen LogP contribution < -0.4 is 18.9 Å². The van der Waals surface area contributed by atoms with Crippen LogP contribution in [0, 0.1) is 0 Å². The number of ether oxygens (including phenoxy) is 3. The number of benzene rings is 2. The number of nitrogens with one attached hydrogen (secondary N) is 1. The lowest BCUT2D eigenvalue weighted by Gasteiger charge is -2.19. The molecule has 0 unspecified atom stereocenters. The first-order valence-electron chi connectivity index (χ1n) is 8.63. The highest BCUT2D eigenvalue weighted by molar-refractivity contribution is 7.89. The number of hydrogen-bond donors (Lipinski definition) is 1. The van der Waals surface area contributed by atoms with E-state index >= 15 is 0 Å². The molecule has 0 aliphatic rings. The molecule has 0 saturated carbocycles. The zero-order chi connectivity index (χ0) is 20.1. The summed E-state index contributed by atoms with van der Waals surface area (Å²) in [7, 11) is -0.527. The number of para-hydroxylation sites is 1. The Bertz CT molecular complexity index is 855. The van der Waals surface area contributed by atoms with Crippen molar-refractivity contribution in [3.63, 3.8) is 0 Å². The Hall–Kier alpha value is -2.25. The van der Waals surface area contributed by atoms with Gasteiger partial charge in [-0.2, -0.15) is 0 Å². The van der Waals surface area contributed by atoms with Gasteiger partial charge in [-0.1, -0.05) is 39.0 Å². The third-order valence-electron chi connectivity index (χ3n) is 4.05. The summed E-state index contributed by atoms with van der Waals surface area (Å²) in [6, 6.07) is 12.2. The normalized spacial score (nSPS) is 11.9. The fourth-order valence-electron chi connectivity index (χ4n) is 2.53. The molecule has 0 heterocycles. The van der Waals surface area contributed by atoms with E-state index in [1.807, 2.05) is 12.1 Å². The van der Waals surface area contributed by atoms with E-state index in [0.717, 1.165) is 5.56 Å². The molecule has 0 spiro atoms. The molecule has 0 aliphatic heterocycles. The lowest BCUT2D eigenvalue weighted by molar-refractivity contribution is 0.287. The maximum absolute atomic E-state index is 12.4. The molecule has 1 N–H and O–H groups in total. The highest BCUT2D eigenvalue weighted by Crippen LogP contribution is 2.36. The van der Waals surface area contributed by atoms with Gasteiger partial charge >= 0.3 is 0 Å². The molecule has 2 rings (SSSR count). The van der Waals surface area contributed by atoms with Gasteiger partial charge in [0.15, 0.2) is 11.5 Å². The predicted molar refractivity (Wildman–Crippen MR) is 105 cm³/mol. The Morgan fingerprint density at radius 2 is 1.56 bits per heavy atom. The second kappa shape index (κ2) is 8.63. The van der Waals surface area contributed by atoms with Gasteiger partial charge in [-0.15, -0.1) is 0 Å². The zero-order valence-corrected chi connectivity index (χ0v) is 17.2. The summed E-state index contributed by atoms with van der Waals surface area (Å²) in [4.78, 5) is 0.231. The molecule has 0 amide bonds. The molecule has 148 valence electrons. The molecule has 0 aromatic heterocycles. The van der Waals surface area contributed by atoms with Crippen molar-refractivity contribution < 1.29 is 22.6 Å².